The number of carbonyl (C=O) groups excluding carboxylic acids is 4. The van der Waals surface area contributed by atoms with E-state index in [1.165, 1.54) is 0 Å². The van der Waals surface area contributed by atoms with Crippen LogP contribution in [0.2, 0.25) is 5.02 Å². The predicted molar refractivity (Wildman–Crippen MR) is 124 cm³/mol. The fourth-order valence-corrected chi connectivity index (χ4v) is 4.22. The van der Waals surface area contributed by atoms with E-state index >= 15 is 0 Å². The first kappa shape index (κ1) is 24.7. The second kappa shape index (κ2) is 10.8. The number of aromatic nitrogens is 1. The highest BCUT2D eigenvalue weighted by molar-refractivity contribution is 6.35. The van der Waals surface area contributed by atoms with Gasteiger partial charge in [-0.1, -0.05) is 37.6 Å². The van der Waals surface area contributed by atoms with Gasteiger partial charge in [0.15, 0.2) is 5.78 Å². The summed E-state index contributed by atoms with van der Waals surface area (Å²) in [5, 5.41) is 18.7. The summed E-state index contributed by atoms with van der Waals surface area (Å²) in [7, 11) is 0. The van der Waals surface area contributed by atoms with Gasteiger partial charge in [0.2, 0.25) is 11.8 Å². The standard InChI is InChI=1S/C23H29ClN4O5/c1-12(2)8-17(28-23(33)18-9-13-4-3-5-15(24)20(13)26-18)22(32)27-16(19(30)11-29)10-14-6-7-25-21(14)31/h3-5,9,12,14,16-17,26,29H,6-8,10-11H2,1-2H3,(H,25,31)(H,27,32)(H,28,33)/t14-,16?,17?/m0/s1. The van der Waals surface area contributed by atoms with Crippen molar-refractivity contribution in [3.8, 4) is 0 Å². The molecule has 1 aromatic heterocycles. The number of benzene rings is 1. The van der Waals surface area contributed by atoms with Crippen molar-refractivity contribution < 1.29 is 24.3 Å². The SMILES string of the molecule is CC(C)CC(NC(=O)c1cc2cccc(Cl)c2[nH]1)C(=O)NC(C[C@@H]1CCNC1=O)C(=O)CO. The van der Waals surface area contributed by atoms with E-state index in [4.69, 9.17) is 11.6 Å². The summed E-state index contributed by atoms with van der Waals surface area (Å²) in [6.07, 6.45) is 0.987. The zero-order valence-electron chi connectivity index (χ0n) is 18.6. The van der Waals surface area contributed by atoms with Crippen molar-refractivity contribution in [1.29, 1.82) is 0 Å². The van der Waals surface area contributed by atoms with Crippen LogP contribution in [0.25, 0.3) is 10.9 Å². The van der Waals surface area contributed by atoms with Gasteiger partial charge in [0.05, 0.1) is 16.6 Å². The third-order valence-electron chi connectivity index (χ3n) is 5.72. The largest absolute Gasteiger partial charge is 0.389 e. The molecule has 1 fully saturated rings. The summed E-state index contributed by atoms with van der Waals surface area (Å²) < 4.78 is 0. The Kier molecular flexibility index (Phi) is 8.10. The number of carbonyl (C=O) groups is 4. The molecule has 3 rings (SSSR count). The van der Waals surface area contributed by atoms with Gasteiger partial charge < -0.3 is 26.0 Å². The summed E-state index contributed by atoms with van der Waals surface area (Å²) in [6, 6.07) is 5.02. The van der Waals surface area contributed by atoms with E-state index in [-0.39, 0.29) is 23.9 Å². The summed E-state index contributed by atoms with van der Waals surface area (Å²) in [5.74, 6) is -2.13. The Morgan fingerprint density at radius 3 is 2.58 bits per heavy atom. The smallest absolute Gasteiger partial charge is 0.268 e. The minimum absolute atomic E-state index is 0.0748. The highest BCUT2D eigenvalue weighted by atomic mass is 35.5. The number of aromatic amines is 1. The van der Waals surface area contributed by atoms with Crippen molar-refractivity contribution in [3.05, 3.63) is 35.0 Å². The summed E-state index contributed by atoms with van der Waals surface area (Å²) in [6.45, 7) is 3.58. The lowest BCUT2D eigenvalue weighted by molar-refractivity contribution is -0.131. The summed E-state index contributed by atoms with van der Waals surface area (Å²) >= 11 is 6.17. The molecule has 1 aromatic carbocycles. The van der Waals surface area contributed by atoms with Gasteiger partial charge >= 0.3 is 0 Å². The van der Waals surface area contributed by atoms with Crippen LogP contribution < -0.4 is 16.0 Å². The Labute approximate surface area is 196 Å². The first-order valence-electron chi connectivity index (χ1n) is 11.0. The van der Waals surface area contributed by atoms with Crippen LogP contribution in [0.4, 0.5) is 0 Å². The second-order valence-corrected chi connectivity index (χ2v) is 9.15. The highest BCUT2D eigenvalue weighted by Gasteiger charge is 2.33. The maximum absolute atomic E-state index is 13.1. The van der Waals surface area contributed by atoms with Crippen LogP contribution in [0.5, 0.6) is 0 Å². The Bertz CT molecular complexity index is 1050. The van der Waals surface area contributed by atoms with Crippen molar-refractivity contribution in [3.63, 3.8) is 0 Å². The first-order valence-corrected chi connectivity index (χ1v) is 11.4. The van der Waals surface area contributed by atoms with Gasteiger partial charge in [-0.15, -0.1) is 0 Å². The third-order valence-corrected chi connectivity index (χ3v) is 6.04. The summed E-state index contributed by atoms with van der Waals surface area (Å²) in [4.78, 5) is 53.1. The molecular formula is C23H29ClN4O5. The van der Waals surface area contributed by atoms with Gasteiger partial charge in [-0.05, 0) is 37.3 Å². The number of rotatable bonds is 10. The number of aliphatic hydroxyl groups excluding tert-OH is 1. The molecule has 0 bridgehead atoms. The Hall–Kier alpha value is -2.91. The average molecular weight is 477 g/mol. The molecular weight excluding hydrogens is 448 g/mol. The molecule has 0 aliphatic carbocycles. The van der Waals surface area contributed by atoms with Gasteiger partial charge in [0, 0.05) is 17.8 Å². The molecule has 9 nitrogen and oxygen atoms in total. The lowest BCUT2D eigenvalue weighted by atomic mass is 9.95. The summed E-state index contributed by atoms with van der Waals surface area (Å²) in [5.41, 5.74) is 0.878. The minimum atomic E-state index is -1.02. The van der Waals surface area contributed by atoms with E-state index in [0.717, 1.165) is 5.39 Å². The van der Waals surface area contributed by atoms with E-state index < -0.39 is 42.2 Å². The molecule has 1 saturated heterocycles. The number of ketones is 1. The molecule has 2 aromatic rings. The maximum Gasteiger partial charge on any atom is 0.268 e. The third kappa shape index (κ3) is 6.11. The molecule has 1 aliphatic heterocycles. The number of Topliss-reactive ketones (excluding diaryl/α,β-unsaturated/α-hetero) is 1. The Balaban J connectivity index is 1.74. The number of para-hydroxylation sites is 1. The van der Waals surface area contributed by atoms with Gasteiger partial charge in [0.25, 0.3) is 5.91 Å². The molecule has 3 amide bonds. The normalized spacial score (nSPS) is 17.6. The van der Waals surface area contributed by atoms with Crippen LogP contribution in [0, 0.1) is 11.8 Å². The number of hydrogen-bond acceptors (Lipinski definition) is 5. The number of aliphatic hydroxyl groups is 1. The fourth-order valence-electron chi connectivity index (χ4n) is 3.99. The van der Waals surface area contributed by atoms with Crippen molar-refractivity contribution in [2.24, 2.45) is 11.8 Å². The maximum atomic E-state index is 13.1. The van der Waals surface area contributed by atoms with Crippen molar-refractivity contribution in [2.75, 3.05) is 13.2 Å². The van der Waals surface area contributed by atoms with E-state index in [9.17, 15) is 24.3 Å². The van der Waals surface area contributed by atoms with E-state index in [2.05, 4.69) is 20.9 Å². The van der Waals surface area contributed by atoms with E-state index in [1.807, 2.05) is 19.9 Å². The minimum Gasteiger partial charge on any atom is -0.389 e. The lowest BCUT2D eigenvalue weighted by Crippen LogP contribution is -2.53. The van der Waals surface area contributed by atoms with Crippen molar-refractivity contribution in [2.45, 2.75) is 45.2 Å². The van der Waals surface area contributed by atoms with Crippen LogP contribution in [0.3, 0.4) is 0 Å². The molecule has 0 spiro atoms. The molecule has 0 radical (unpaired) electrons. The zero-order chi connectivity index (χ0) is 24.1. The second-order valence-electron chi connectivity index (χ2n) is 8.74. The molecule has 1 aliphatic rings. The number of H-pyrrole nitrogens is 1. The number of fused-ring (bicyclic) bond motifs is 1. The Morgan fingerprint density at radius 2 is 1.97 bits per heavy atom. The number of nitrogens with one attached hydrogen (secondary N) is 4. The number of halogens is 1. The topological polar surface area (TPSA) is 140 Å². The average Bonchev–Trinajstić information content (AvgIpc) is 3.39. The van der Waals surface area contributed by atoms with Crippen molar-refractivity contribution in [1.82, 2.24) is 20.9 Å². The van der Waals surface area contributed by atoms with E-state index in [0.29, 0.717) is 29.9 Å². The van der Waals surface area contributed by atoms with Crippen molar-refractivity contribution >= 4 is 46.0 Å². The molecule has 3 atom stereocenters. The zero-order valence-corrected chi connectivity index (χ0v) is 19.4. The molecule has 2 heterocycles. The van der Waals surface area contributed by atoms with Gasteiger partial charge in [-0.3, -0.25) is 19.2 Å². The van der Waals surface area contributed by atoms with Crippen LogP contribution in [0.1, 0.15) is 43.6 Å². The lowest BCUT2D eigenvalue weighted by Gasteiger charge is -2.24. The monoisotopic (exact) mass is 476 g/mol. The van der Waals surface area contributed by atoms with Crippen LogP contribution >= 0.6 is 11.6 Å². The van der Waals surface area contributed by atoms with Crippen LogP contribution in [-0.2, 0) is 14.4 Å². The number of amides is 3. The Morgan fingerprint density at radius 1 is 1.21 bits per heavy atom. The van der Waals surface area contributed by atoms with Crippen LogP contribution in [-0.4, -0.2) is 58.8 Å². The molecule has 33 heavy (non-hydrogen) atoms. The molecule has 0 saturated carbocycles. The molecule has 178 valence electrons. The molecule has 5 N–H and O–H groups in total. The predicted octanol–water partition coefficient (Wildman–Crippen LogP) is 1.54. The van der Waals surface area contributed by atoms with E-state index in [1.54, 1.807) is 18.2 Å². The molecule has 10 heteroatoms. The fraction of sp³-hybridized carbons (Fsp3) is 0.478. The molecule has 2 unspecified atom stereocenters. The van der Waals surface area contributed by atoms with Crippen LogP contribution in [0.15, 0.2) is 24.3 Å². The number of hydrogen-bond donors (Lipinski definition) is 5. The van der Waals surface area contributed by atoms with Gasteiger partial charge in [0.1, 0.15) is 18.3 Å². The first-order chi connectivity index (χ1) is 15.7. The van der Waals surface area contributed by atoms with Gasteiger partial charge in [-0.2, -0.15) is 0 Å². The highest BCUT2D eigenvalue weighted by Crippen LogP contribution is 2.23. The quantitative estimate of drug-likeness (QED) is 0.354. The van der Waals surface area contributed by atoms with Gasteiger partial charge in [-0.25, -0.2) is 0 Å².